The minimum absolute atomic E-state index is 0.352. The van der Waals surface area contributed by atoms with Crippen LogP contribution in [-0.4, -0.2) is 43.9 Å². The Balaban J connectivity index is 7.40. The first-order valence-electron chi connectivity index (χ1n) is 14.9. The number of carbonyl (C=O) groups is 3. The first kappa shape index (κ1) is 35.4. The van der Waals surface area contributed by atoms with Crippen LogP contribution in [0.1, 0.15) is 138 Å². The van der Waals surface area contributed by atoms with Crippen LogP contribution in [0.2, 0.25) is 0 Å². The Kier molecular flexibility index (Phi) is 17.0. The van der Waals surface area contributed by atoms with Crippen molar-refractivity contribution in [3.8, 4) is 0 Å². The number of rotatable bonds is 23. The molecule has 0 aromatic rings. The molecule has 5 atom stereocenters. The normalized spacial score (nSPS) is 18.2. The van der Waals surface area contributed by atoms with Crippen LogP contribution in [-0.2, 0) is 14.4 Å². The Morgan fingerprint density at radius 1 is 0.595 bits per heavy atom. The maximum absolute atomic E-state index is 13.5. The van der Waals surface area contributed by atoms with Gasteiger partial charge in [-0.1, -0.05) is 119 Å². The van der Waals surface area contributed by atoms with Crippen molar-refractivity contribution in [3.05, 3.63) is 0 Å². The summed E-state index contributed by atoms with van der Waals surface area (Å²) >= 11 is 0. The molecule has 0 aliphatic rings. The summed E-state index contributed by atoms with van der Waals surface area (Å²) in [7, 11) is 0. The number of aliphatic hydroxyl groups is 1. The van der Waals surface area contributed by atoms with Gasteiger partial charge in [-0.3, -0.25) is 9.59 Å². The molecule has 4 N–H and O–H groups in total. The summed E-state index contributed by atoms with van der Waals surface area (Å²) in [5, 5.41) is 44.6. The van der Waals surface area contributed by atoms with E-state index in [4.69, 9.17) is 0 Å². The summed E-state index contributed by atoms with van der Waals surface area (Å²) in [5.74, 6) is -8.23. The molecule has 0 aromatic heterocycles. The highest BCUT2D eigenvalue weighted by Crippen LogP contribution is 2.56. The molecule has 0 aliphatic heterocycles. The number of carboxylic acid groups (broad SMARTS) is 3. The average molecular weight is 529 g/mol. The van der Waals surface area contributed by atoms with E-state index in [0.717, 1.165) is 38.5 Å². The molecule has 0 spiro atoms. The molecule has 37 heavy (non-hydrogen) atoms. The molecule has 0 heterocycles. The lowest BCUT2D eigenvalue weighted by Crippen LogP contribution is -2.70. The Labute approximate surface area is 225 Å². The molecule has 0 rings (SSSR count). The average Bonchev–Trinajstić information content (AvgIpc) is 2.85. The highest BCUT2D eigenvalue weighted by molar-refractivity contribution is 5.94. The van der Waals surface area contributed by atoms with Gasteiger partial charge in [-0.25, -0.2) is 4.79 Å². The Morgan fingerprint density at radius 3 is 1.27 bits per heavy atom. The van der Waals surface area contributed by atoms with Crippen LogP contribution in [0.3, 0.4) is 0 Å². The Hall–Kier alpha value is -1.63. The summed E-state index contributed by atoms with van der Waals surface area (Å²) < 4.78 is 0. The zero-order valence-corrected chi connectivity index (χ0v) is 24.4. The predicted molar refractivity (Wildman–Crippen MR) is 148 cm³/mol. The standard InChI is InChI=1S/C30H56O7/c1-7-13-16-19-22(10-4)25(26(31)32)30(37,28(35)36)29(27(33)34,23(11-5)20-17-14-8-2)24(12-6)21-18-15-9-3/h22-25,37H,7-21H2,1-6H3,(H,31,32)(H,33,34)(H,35,36). The van der Waals surface area contributed by atoms with Crippen molar-refractivity contribution in [2.75, 3.05) is 0 Å². The van der Waals surface area contributed by atoms with E-state index in [2.05, 4.69) is 0 Å². The maximum Gasteiger partial charge on any atom is 0.337 e. The van der Waals surface area contributed by atoms with Gasteiger partial charge in [0.15, 0.2) is 5.60 Å². The van der Waals surface area contributed by atoms with E-state index in [1.165, 1.54) is 0 Å². The van der Waals surface area contributed by atoms with Crippen LogP contribution >= 0.6 is 0 Å². The topological polar surface area (TPSA) is 132 Å². The molecular formula is C30H56O7. The van der Waals surface area contributed by atoms with Crippen molar-refractivity contribution in [1.29, 1.82) is 0 Å². The van der Waals surface area contributed by atoms with Crippen LogP contribution in [0.5, 0.6) is 0 Å². The van der Waals surface area contributed by atoms with Crippen molar-refractivity contribution in [2.45, 2.75) is 143 Å². The van der Waals surface area contributed by atoms with Gasteiger partial charge in [0.05, 0.1) is 0 Å². The second-order valence-electron chi connectivity index (χ2n) is 10.9. The lowest BCUT2D eigenvalue weighted by molar-refractivity contribution is -0.229. The van der Waals surface area contributed by atoms with E-state index < -0.39 is 52.6 Å². The molecule has 5 unspecified atom stereocenters. The molecule has 218 valence electrons. The van der Waals surface area contributed by atoms with Gasteiger partial charge < -0.3 is 20.4 Å². The first-order valence-corrected chi connectivity index (χ1v) is 14.9. The third-order valence-electron chi connectivity index (χ3n) is 8.79. The van der Waals surface area contributed by atoms with Crippen molar-refractivity contribution in [1.82, 2.24) is 0 Å². The molecule has 7 nitrogen and oxygen atoms in total. The number of aliphatic carboxylic acids is 3. The van der Waals surface area contributed by atoms with Gasteiger partial charge in [0.1, 0.15) is 11.3 Å². The van der Waals surface area contributed by atoms with Gasteiger partial charge in [0.2, 0.25) is 0 Å². The molecule has 0 amide bonds. The molecule has 7 heteroatoms. The lowest BCUT2D eigenvalue weighted by atomic mass is 9.49. The number of carboxylic acids is 3. The second-order valence-corrected chi connectivity index (χ2v) is 10.9. The fourth-order valence-electron chi connectivity index (χ4n) is 6.81. The third kappa shape index (κ3) is 8.18. The third-order valence-corrected chi connectivity index (χ3v) is 8.79. The predicted octanol–water partition coefficient (Wildman–Crippen LogP) is 7.39. The molecule has 0 radical (unpaired) electrons. The lowest BCUT2D eigenvalue weighted by Gasteiger charge is -2.53. The van der Waals surface area contributed by atoms with Gasteiger partial charge in [-0.05, 0) is 37.0 Å². The summed E-state index contributed by atoms with van der Waals surface area (Å²) in [6.07, 6.45) is 9.83. The van der Waals surface area contributed by atoms with E-state index in [-0.39, 0.29) is 0 Å². The molecule has 0 fully saturated rings. The molecule has 0 saturated carbocycles. The number of unbranched alkanes of at least 4 members (excludes halogenated alkanes) is 6. The van der Waals surface area contributed by atoms with E-state index in [9.17, 15) is 34.8 Å². The van der Waals surface area contributed by atoms with Crippen LogP contribution in [0.4, 0.5) is 0 Å². The minimum atomic E-state index is -2.95. The van der Waals surface area contributed by atoms with Gasteiger partial charge in [0, 0.05) is 0 Å². The SMILES string of the molecule is CCCCCC(CC)C(C(=O)O)C(O)(C(=O)O)C(C(=O)O)(C(CC)CCCCC)C(CC)CCCCC. The molecular weight excluding hydrogens is 472 g/mol. The largest absolute Gasteiger partial charge is 0.481 e. The van der Waals surface area contributed by atoms with Crippen molar-refractivity contribution in [3.63, 3.8) is 0 Å². The van der Waals surface area contributed by atoms with Crippen molar-refractivity contribution >= 4 is 17.9 Å². The van der Waals surface area contributed by atoms with Crippen molar-refractivity contribution in [2.24, 2.45) is 29.1 Å². The maximum atomic E-state index is 13.5. The van der Waals surface area contributed by atoms with Crippen molar-refractivity contribution < 1.29 is 34.8 Å². The smallest absolute Gasteiger partial charge is 0.337 e. The molecule has 0 saturated heterocycles. The van der Waals surface area contributed by atoms with Crippen LogP contribution < -0.4 is 0 Å². The zero-order chi connectivity index (χ0) is 28.6. The number of hydrogen-bond donors (Lipinski definition) is 4. The summed E-state index contributed by atoms with van der Waals surface area (Å²) in [4.78, 5) is 39.6. The van der Waals surface area contributed by atoms with E-state index >= 15 is 0 Å². The first-order chi connectivity index (χ1) is 17.5. The van der Waals surface area contributed by atoms with Gasteiger partial charge in [0.25, 0.3) is 0 Å². The summed E-state index contributed by atoms with van der Waals surface area (Å²) in [6, 6.07) is 0. The molecule has 0 aliphatic carbocycles. The highest BCUT2D eigenvalue weighted by Gasteiger charge is 2.71. The second kappa shape index (κ2) is 17.8. The van der Waals surface area contributed by atoms with E-state index in [1.807, 2.05) is 34.6 Å². The van der Waals surface area contributed by atoms with E-state index in [1.54, 1.807) is 6.92 Å². The van der Waals surface area contributed by atoms with Gasteiger partial charge in [-0.2, -0.15) is 0 Å². The van der Waals surface area contributed by atoms with Crippen LogP contribution in [0.25, 0.3) is 0 Å². The summed E-state index contributed by atoms with van der Waals surface area (Å²) in [6.45, 7) is 11.6. The minimum Gasteiger partial charge on any atom is -0.481 e. The fourth-order valence-corrected chi connectivity index (χ4v) is 6.81. The number of hydrogen-bond acceptors (Lipinski definition) is 4. The molecule has 0 aromatic carbocycles. The fraction of sp³-hybridized carbons (Fsp3) is 0.900. The summed E-state index contributed by atoms with van der Waals surface area (Å²) in [5.41, 5.74) is -5.07. The van der Waals surface area contributed by atoms with Crippen LogP contribution in [0, 0.1) is 29.1 Å². The molecule has 0 bridgehead atoms. The van der Waals surface area contributed by atoms with Crippen LogP contribution in [0.15, 0.2) is 0 Å². The van der Waals surface area contributed by atoms with Gasteiger partial charge >= 0.3 is 17.9 Å². The zero-order valence-electron chi connectivity index (χ0n) is 24.4. The monoisotopic (exact) mass is 528 g/mol. The van der Waals surface area contributed by atoms with Gasteiger partial charge in [-0.15, -0.1) is 0 Å². The highest BCUT2D eigenvalue weighted by atomic mass is 16.4. The Morgan fingerprint density at radius 2 is 1.00 bits per heavy atom. The Bertz CT molecular complexity index is 659. The van der Waals surface area contributed by atoms with E-state index in [0.29, 0.717) is 57.8 Å². The quantitative estimate of drug-likeness (QED) is 0.102.